The number of nitrogens with one attached hydrogen (secondary N) is 1. The van der Waals surface area contributed by atoms with Gasteiger partial charge in [-0.05, 0) is 44.4 Å². The highest BCUT2D eigenvalue weighted by Crippen LogP contribution is 2.34. The van der Waals surface area contributed by atoms with Crippen molar-refractivity contribution in [2.45, 2.75) is 33.2 Å². The van der Waals surface area contributed by atoms with Gasteiger partial charge in [-0.2, -0.15) is 0 Å². The molecule has 156 valence electrons. The van der Waals surface area contributed by atoms with Crippen LogP contribution in [0.15, 0.2) is 48.5 Å². The molecule has 1 fully saturated rings. The average Bonchev–Trinajstić information content (AvgIpc) is 2.77. The van der Waals surface area contributed by atoms with E-state index in [0.29, 0.717) is 6.54 Å². The van der Waals surface area contributed by atoms with Crippen molar-refractivity contribution >= 4 is 22.5 Å². The van der Waals surface area contributed by atoms with Gasteiger partial charge in [0.25, 0.3) is 0 Å². The Hall–Kier alpha value is -3.08. The van der Waals surface area contributed by atoms with Crippen LogP contribution in [0.3, 0.4) is 0 Å². The number of pyridine rings is 1. The molecule has 0 bridgehead atoms. The number of anilines is 1. The molecule has 1 aromatic heterocycles. The largest absolute Gasteiger partial charge is 0.494 e. The van der Waals surface area contributed by atoms with Crippen LogP contribution in [0.25, 0.3) is 10.9 Å². The zero-order chi connectivity index (χ0) is 21.1. The van der Waals surface area contributed by atoms with Crippen LogP contribution in [0.5, 0.6) is 5.75 Å². The van der Waals surface area contributed by atoms with Gasteiger partial charge in [0.15, 0.2) is 0 Å². The van der Waals surface area contributed by atoms with Gasteiger partial charge in [-0.15, -0.1) is 0 Å². The van der Waals surface area contributed by atoms with E-state index < -0.39 is 0 Å². The third kappa shape index (κ3) is 4.25. The molecule has 0 radical (unpaired) electrons. The predicted octanol–water partition coefficient (Wildman–Crippen LogP) is 4.39. The van der Waals surface area contributed by atoms with Crippen LogP contribution in [0.1, 0.15) is 29.7 Å². The number of benzene rings is 2. The fourth-order valence-corrected chi connectivity index (χ4v) is 4.18. The van der Waals surface area contributed by atoms with E-state index in [1.54, 1.807) is 7.11 Å². The summed E-state index contributed by atoms with van der Waals surface area (Å²) in [6.45, 7) is 6.39. The van der Waals surface area contributed by atoms with E-state index in [9.17, 15) is 4.79 Å². The minimum Gasteiger partial charge on any atom is -0.494 e. The summed E-state index contributed by atoms with van der Waals surface area (Å²) in [5.74, 6) is 1.02. The molecule has 3 aromatic rings. The average molecular weight is 404 g/mol. The van der Waals surface area contributed by atoms with E-state index in [1.807, 2.05) is 19.1 Å². The van der Waals surface area contributed by atoms with Crippen molar-refractivity contribution in [1.29, 1.82) is 0 Å². The van der Waals surface area contributed by atoms with Gasteiger partial charge < -0.3 is 15.0 Å². The number of nitrogens with zero attached hydrogens (tertiary/aromatic N) is 2. The summed E-state index contributed by atoms with van der Waals surface area (Å²) >= 11 is 0. The highest BCUT2D eigenvalue weighted by atomic mass is 16.5. The molecule has 0 saturated carbocycles. The first-order valence-electron chi connectivity index (χ1n) is 10.6. The lowest BCUT2D eigenvalue weighted by molar-refractivity contribution is -0.125. The minimum absolute atomic E-state index is 0.0652. The van der Waals surface area contributed by atoms with E-state index in [2.05, 4.69) is 58.5 Å². The van der Waals surface area contributed by atoms with Crippen LogP contribution in [0, 0.1) is 19.8 Å². The van der Waals surface area contributed by atoms with Crippen LogP contribution in [-0.4, -0.2) is 31.1 Å². The number of aryl methyl sites for hydroxylation is 2. The summed E-state index contributed by atoms with van der Waals surface area (Å²) in [4.78, 5) is 19.7. The highest BCUT2D eigenvalue weighted by molar-refractivity contribution is 5.95. The molecule has 2 aromatic carbocycles. The summed E-state index contributed by atoms with van der Waals surface area (Å²) in [7, 11) is 1.68. The van der Waals surface area contributed by atoms with Gasteiger partial charge in [-0.25, -0.2) is 4.98 Å². The number of piperidine rings is 1. The van der Waals surface area contributed by atoms with E-state index >= 15 is 0 Å². The first-order valence-corrected chi connectivity index (χ1v) is 10.6. The first kappa shape index (κ1) is 20.2. The Morgan fingerprint density at radius 3 is 2.57 bits per heavy atom. The van der Waals surface area contributed by atoms with Crippen molar-refractivity contribution in [2.75, 3.05) is 25.1 Å². The SMILES string of the molecule is COc1cccc2c(N3CCC(C(=O)NCc4ccc(C)cc4)CC3)cc(C)nc12. The Balaban J connectivity index is 1.42. The molecule has 0 spiro atoms. The lowest BCUT2D eigenvalue weighted by Gasteiger charge is -2.34. The molecule has 5 heteroatoms. The number of carbonyl (C=O) groups is 1. The van der Waals surface area contributed by atoms with Gasteiger partial charge in [0.2, 0.25) is 5.91 Å². The molecule has 30 heavy (non-hydrogen) atoms. The van der Waals surface area contributed by atoms with Crippen LogP contribution < -0.4 is 15.0 Å². The standard InChI is InChI=1S/C25H29N3O2/c1-17-7-9-19(10-8-17)16-26-25(29)20-11-13-28(14-12-20)22-15-18(2)27-24-21(22)5-4-6-23(24)30-3/h4-10,15,20H,11-14,16H2,1-3H3,(H,26,29). The summed E-state index contributed by atoms with van der Waals surface area (Å²) in [6, 6.07) is 16.5. The first-order chi connectivity index (χ1) is 14.5. The molecule has 1 saturated heterocycles. The molecule has 1 N–H and O–H groups in total. The third-order valence-electron chi connectivity index (χ3n) is 5.92. The van der Waals surface area contributed by atoms with Crippen molar-refractivity contribution in [3.8, 4) is 5.75 Å². The molecule has 0 aliphatic carbocycles. The Morgan fingerprint density at radius 1 is 1.13 bits per heavy atom. The number of methoxy groups -OCH3 is 1. The number of hydrogen-bond donors (Lipinski definition) is 1. The topological polar surface area (TPSA) is 54.5 Å². The molecule has 1 aliphatic heterocycles. The maximum Gasteiger partial charge on any atom is 0.223 e. The number of aromatic nitrogens is 1. The fourth-order valence-electron chi connectivity index (χ4n) is 4.18. The monoisotopic (exact) mass is 403 g/mol. The number of carbonyl (C=O) groups excluding carboxylic acids is 1. The number of hydrogen-bond acceptors (Lipinski definition) is 4. The van der Waals surface area contributed by atoms with Gasteiger partial charge in [-0.1, -0.05) is 42.0 Å². The molecule has 0 atom stereocenters. The molecule has 2 heterocycles. The van der Waals surface area contributed by atoms with E-state index in [4.69, 9.17) is 4.74 Å². The molecule has 4 rings (SSSR count). The number of fused-ring (bicyclic) bond motifs is 1. The Bertz CT molecular complexity index is 1040. The van der Waals surface area contributed by atoms with Crippen molar-refractivity contribution in [3.63, 3.8) is 0 Å². The minimum atomic E-state index is 0.0652. The lowest BCUT2D eigenvalue weighted by Crippen LogP contribution is -2.40. The Morgan fingerprint density at radius 2 is 1.87 bits per heavy atom. The summed E-state index contributed by atoms with van der Waals surface area (Å²) < 4.78 is 5.51. The van der Waals surface area contributed by atoms with Crippen LogP contribution in [0.2, 0.25) is 0 Å². The predicted molar refractivity (Wildman–Crippen MR) is 121 cm³/mol. The number of ether oxygens (including phenoxy) is 1. The van der Waals surface area contributed by atoms with E-state index in [0.717, 1.165) is 53.8 Å². The van der Waals surface area contributed by atoms with Gasteiger partial charge in [0.05, 0.1) is 7.11 Å². The van der Waals surface area contributed by atoms with E-state index in [-0.39, 0.29) is 11.8 Å². The van der Waals surface area contributed by atoms with Gasteiger partial charge >= 0.3 is 0 Å². The Labute approximate surface area is 178 Å². The fraction of sp³-hybridized carbons (Fsp3) is 0.360. The van der Waals surface area contributed by atoms with E-state index in [1.165, 1.54) is 11.3 Å². The normalized spacial score (nSPS) is 14.7. The second kappa shape index (κ2) is 8.74. The molecule has 1 aliphatic rings. The maximum atomic E-state index is 12.7. The quantitative estimate of drug-likeness (QED) is 0.686. The second-order valence-corrected chi connectivity index (χ2v) is 8.10. The molecule has 0 unspecified atom stereocenters. The lowest BCUT2D eigenvalue weighted by atomic mass is 9.95. The van der Waals surface area contributed by atoms with Crippen molar-refractivity contribution in [2.24, 2.45) is 5.92 Å². The van der Waals surface area contributed by atoms with Gasteiger partial charge in [0.1, 0.15) is 11.3 Å². The molecule has 1 amide bonds. The van der Waals surface area contributed by atoms with Crippen molar-refractivity contribution in [1.82, 2.24) is 10.3 Å². The van der Waals surface area contributed by atoms with Crippen LogP contribution >= 0.6 is 0 Å². The van der Waals surface area contributed by atoms with Crippen molar-refractivity contribution in [3.05, 3.63) is 65.4 Å². The zero-order valence-corrected chi connectivity index (χ0v) is 17.9. The number of para-hydroxylation sites is 1. The highest BCUT2D eigenvalue weighted by Gasteiger charge is 2.26. The van der Waals surface area contributed by atoms with Crippen molar-refractivity contribution < 1.29 is 9.53 Å². The second-order valence-electron chi connectivity index (χ2n) is 8.10. The van der Waals surface area contributed by atoms with Crippen LogP contribution in [-0.2, 0) is 11.3 Å². The molecular weight excluding hydrogens is 374 g/mol. The molecule has 5 nitrogen and oxygen atoms in total. The van der Waals surface area contributed by atoms with Gasteiger partial charge in [0, 0.05) is 42.3 Å². The summed E-state index contributed by atoms with van der Waals surface area (Å²) in [5, 5.41) is 4.21. The smallest absolute Gasteiger partial charge is 0.223 e. The Kier molecular flexibility index (Phi) is 5.88. The summed E-state index contributed by atoms with van der Waals surface area (Å²) in [5.41, 5.74) is 5.41. The zero-order valence-electron chi connectivity index (χ0n) is 17.9. The molecular formula is C25H29N3O2. The number of amides is 1. The summed E-state index contributed by atoms with van der Waals surface area (Å²) in [6.07, 6.45) is 1.71. The number of rotatable bonds is 5. The maximum absolute atomic E-state index is 12.7. The third-order valence-corrected chi connectivity index (χ3v) is 5.92. The van der Waals surface area contributed by atoms with Crippen LogP contribution in [0.4, 0.5) is 5.69 Å². The van der Waals surface area contributed by atoms with Gasteiger partial charge in [-0.3, -0.25) is 4.79 Å².